The van der Waals surface area contributed by atoms with E-state index in [4.69, 9.17) is 20.3 Å². The summed E-state index contributed by atoms with van der Waals surface area (Å²) in [7, 11) is 2.65. The van der Waals surface area contributed by atoms with Crippen LogP contribution < -0.4 is 15.2 Å². The predicted molar refractivity (Wildman–Crippen MR) is 81.3 cm³/mol. The Morgan fingerprint density at radius 1 is 1.21 bits per heavy atom. The van der Waals surface area contributed by atoms with Crippen LogP contribution in [-0.2, 0) is 16.0 Å². The number of nitrogens with zero attached hydrogens (tertiary/aromatic N) is 1. The highest BCUT2D eigenvalue weighted by Crippen LogP contribution is 2.36. The molecule has 24 heavy (non-hydrogen) atoms. The zero-order valence-corrected chi connectivity index (χ0v) is 13.1. The quantitative estimate of drug-likeness (QED) is 0.432. The van der Waals surface area contributed by atoms with Crippen molar-refractivity contribution < 1.29 is 34.2 Å². The van der Waals surface area contributed by atoms with Crippen LogP contribution in [0.2, 0.25) is 0 Å². The number of nitrogens with two attached hydrogens (primary N) is 1. The van der Waals surface area contributed by atoms with E-state index < -0.39 is 28.8 Å². The van der Waals surface area contributed by atoms with Crippen LogP contribution in [-0.4, -0.2) is 47.3 Å². The highest BCUT2D eigenvalue weighted by atomic mass is 16.6. The van der Waals surface area contributed by atoms with Gasteiger partial charge in [-0.2, -0.15) is 0 Å². The van der Waals surface area contributed by atoms with Crippen LogP contribution in [0.4, 0.5) is 5.69 Å². The number of rotatable bonds is 9. The topological polar surface area (TPSA) is 162 Å². The molecule has 0 amide bonds. The molecule has 132 valence electrons. The summed E-state index contributed by atoms with van der Waals surface area (Å²) in [6.45, 7) is 0. The summed E-state index contributed by atoms with van der Waals surface area (Å²) in [5.41, 5.74) is 5.11. The Hall–Kier alpha value is -2.88. The molecule has 10 nitrogen and oxygen atoms in total. The van der Waals surface area contributed by atoms with Crippen molar-refractivity contribution in [1.82, 2.24) is 0 Å². The fourth-order valence-electron chi connectivity index (χ4n) is 2.19. The number of nitro groups is 1. The molecule has 0 fully saturated rings. The molecule has 0 aliphatic heterocycles. The summed E-state index contributed by atoms with van der Waals surface area (Å²) in [5.74, 6) is -3.52. The largest absolute Gasteiger partial charge is 0.493 e. The highest BCUT2D eigenvalue weighted by Gasteiger charge is 2.28. The third-order valence-corrected chi connectivity index (χ3v) is 3.45. The normalized spacial score (nSPS) is 13.0. The van der Waals surface area contributed by atoms with Gasteiger partial charge in [0.2, 0.25) is 0 Å². The van der Waals surface area contributed by atoms with Crippen molar-refractivity contribution in [3.8, 4) is 11.5 Å². The zero-order chi connectivity index (χ0) is 18.4. The summed E-state index contributed by atoms with van der Waals surface area (Å²) >= 11 is 0. The lowest BCUT2D eigenvalue weighted by molar-refractivity contribution is -0.385. The van der Waals surface area contributed by atoms with Gasteiger partial charge in [0.1, 0.15) is 6.04 Å². The summed E-state index contributed by atoms with van der Waals surface area (Å²) in [6.07, 6.45) is -0.636. The third-order valence-electron chi connectivity index (χ3n) is 3.45. The van der Waals surface area contributed by atoms with Gasteiger partial charge in [-0.3, -0.25) is 19.7 Å². The molecule has 0 bridgehead atoms. The lowest BCUT2D eigenvalue weighted by Gasteiger charge is -2.16. The minimum atomic E-state index is -1.38. The average Bonchev–Trinajstić information content (AvgIpc) is 2.52. The monoisotopic (exact) mass is 342 g/mol. The first kappa shape index (κ1) is 19.2. The van der Waals surface area contributed by atoms with Gasteiger partial charge in [-0.25, -0.2) is 0 Å². The van der Waals surface area contributed by atoms with E-state index in [0.29, 0.717) is 0 Å². The Balaban J connectivity index is 3.24. The summed E-state index contributed by atoms with van der Waals surface area (Å²) in [6, 6.07) is 1.05. The van der Waals surface area contributed by atoms with Crippen molar-refractivity contribution in [3.05, 3.63) is 27.8 Å². The number of carboxylic acids is 2. The van der Waals surface area contributed by atoms with E-state index in [-0.39, 0.29) is 35.6 Å². The van der Waals surface area contributed by atoms with Gasteiger partial charge in [0.25, 0.3) is 5.69 Å². The molecule has 0 heterocycles. The minimum absolute atomic E-state index is 0.0858. The lowest BCUT2D eigenvalue weighted by atomic mass is 9.92. The third kappa shape index (κ3) is 4.56. The standard InChI is InChI=1S/C14H18N2O8/c1-23-11-5-7(10(16(21)22)6-12(11)24-2)3-8(13(17)18)4-9(15)14(19)20/h5-6,8-9H,3-4,15H2,1-2H3,(H,17,18)(H,19,20)/t8?,9-/m0/s1. The smallest absolute Gasteiger partial charge is 0.320 e. The van der Waals surface area contributed by atoms with Crippen molar-refractivity contribution in [2.24, 2.45) is 11.7 Å². The molecule has 0 spiro atoms. The number of aliphatic carboxylic acids is 2. The number of hydrogen-bond donors (Lipinski definition) is 3. The van der Waals surface area contributed by atoms with Crippen molar-refractivity contribution in [2.45, 2.75) is 18.9 Å². The molecule has 0 aliphatic carbocycles. The molecule has 0 radical (unpaired) electrons. The zero-order valence-electron chi connectivity index (χ0n) is 13.1. The molecule has 1 unspecified atom stereocenters. The van der Waals surface area contributed by atoms with Crippen LogP contribution >= 0.6 is 0 Å². The van der Waals surface area contributed by atoms with E-state index in [1.165, 1.54) is 20.3 Å². The van der Waals surface area contributed by atoms with Crippen LogP contribution in [0.25, 0.3) is 0 Å². The molecule has 2 atom stereocenters. The highest BCUT2D eigenvalue weighted by molar-refractivity contribution is 5.76. The Kier molecular flexibility index (Phi) is 6.48. The first-order valence-corrected chi connectivity index (χ1v) is 6.81. The van der Waals surface area contributed by atoms with E-state index in [0.717, 1.165) is 6.07 Å². The first-order valence-electron chi connectivity index (χ1n) is 6.81. The molecule has 4 N–H and O–H groups in total. The van der Waals surface area contributed by atoms with Crippen molar-refractivity contribution >= 4 is 17.6 Å². The number of carbonyl (C=O) groups is 2. The van der Waals surface area contributed by atoms with E-state index >= 15 is 0 Å². The second-order valence-corrected chi connectivity index (χ2v) is 5.01. The molecule has 0 aromatic heterocycles. The molecule has 0 aliphatic rings. The fraction of sp³-hybridized carbons (Fsp3) is 0.429. The number of ether oxygens (including phenoxy) is 2. The Labute approximate surface area is 136 Å². The van der Waals surface area contributed by atoms with Gasteiger partial charge in [0.15, 0.2) is 11.5 Å². The van der Waals surface area contributed by atoms with Crippen molar-refractivity contribution in [3.63, 3.8) is 0 Å². The Morgan fingerprint density at radius 2 is 1.75 bits per heavy atom. The number of benzene rings is 1. The number of nitro benzene ring substituents is 1. The van der Waals surface area contributed by atoms with Gasteiger partial charge >= 0.3 is 11.9 Å². The Morgan fingerprint density at radius 3 is 2.17 bits per heavy atom. The minimum Gasteiger partial charge on any atom is -0.493 e. The predicted octanol–water partition coefficient (Wildman–Crippen LogP) is 0.657. The van der Waals surface area contributed by atoms with Gasteiger partial charge in [-0.1, -0.05) is 0 Å². The fourth-order valence-corrected chi connectivity index (χ4v) is 2.19. The van der Waals surface area contributed by atoms with E-state index in [2.05, 4.69) is 0 Å². The van der Waals surface area contributed by atoms with Crippen LogP contribution in [0.1, 0.15) is 12.0 Å². The number of carboxylic acid groups (broad SMARTS) is 2. The second kappa shape index (κ2) is 8.11. The van der Waals surface area contributed by atoms with Gasteiger partial charge < -0.3 is 25.4 Å². The van der Waals surface area contributed by atoms with Crippen molar-refractivity contribution in [1.29, 1.82) is 0 Å². The molecule has 1 aromatic rings. The second-order valence-electron chi connectivity index (χ2n) is 5.01. The van der Waals surface area contributed by atoms with E-state index in [9.17, 15) is 24.8 Å². The average molecular weight is 342 g/mol. The van der Waals surface area contributed by atoms with Gasteiger partial charge in [0.05, 0.1) is 31.1 Å². The summed E-state index contributed by atoms with van der Waals surface area (Å²) in [4.78, 5) is 32.7. The van der Waals surface area contributed by atoms with Gasteiger partial charge in [0, 0.05) is 5.56 Å². The van der Waals surface area contributed by atoms with Crippen LogP contribution in [0.5, 0.6) is 11.5 Å². The maximum atomic E-state index is 11.3. The molecular weight excluding hydrogens is 324 g/mol. The number of methoxy groups -OCH3 is 2. The molecule has 0 saturated heterocycles. The Bertz CT molecular complexity index is 646. The van der Waals surface area contributed by atoms with Crippen LogP contribution in [0.15, 0.2) is 12.1 Å². The SMILES string of the molecule is COc1cc(CC(C[C@H](N)C(=O)O)C(=O)O)c([N+](=O)[O-])cc1OC. The number of hydrogen-bond acceptors (Lipinski definition) is 7. The van der Waals surface area contributed by atoms with Crippen molar-refractivity contribution in [2.75, 3.05) is 14.2 Å². The molecule has 0 saturated carbocycles. The molecule has 1 aromatic carbocycles. The van der Waals surface area contributed by atoms with Crippen LogP contribution in [0.3, 0.4) is 0 Å². The van der Waals surface area contributed by atoms with Gasteiger partial charge in [-0.15, -0.1) is 0 Å². The van der Waals surface area contributed by atoms with Crippen LogP contribution in [0, 0.1) is 16.0 Å². The van der Waals surface area contributed by atoms with E-state index in [1.54, 1.807) is 0 Å². The summed E-state index contributed by atoms with van der Waals surface area (Å²) < 4.78 is 10.0. The molecule has 10 heteroatoms. The van der Waals surface area contributed by atoms with E-state index in [1.807, 2.05) is 0 Å². The summed E-state index contributed by atoms with van der Waals surface area (Å²) in [5, 5.41) is 29.3. The molecular formula is C14H18N2O8. The maximum Gasteiger partial charge on any atom is 0.320 e. The lowest BCUT2D eigenvalue weighted by Crippen LogP contribution is -2.35. The van der Waals surface area contributed by atoms with Gasteiger partial charge in [-0.05, 0) is 18.9 Å². The molecule has 1 rings (SSSR count). The first-order chi connectivity index (χ1) is 11.2. The maximum absolute atomic E-state index is 11.3.